The summed E-state index contributed by atoms with van der Waals surface area (Å²) in [6.07, 6.45) is 1.89. The van der Waals surface area contributed by atoms with Gasteiger partial charge in [-0.1, -0.05) is 18.2 Å². The average Bonchev–Trinajstić information content (AvgIpc) is 2.91. The van der Waals surface area contributed by atoms with Crippen LogP contribution < -0.4 is 5.32 Å². The second kappa shape index (κ2) is 6.70. The standard InChI is InChI=1S/C18H18FN3O2/c1-3-24-16(23)10-20-18-17(13-6-4-5-7-14(13)19)21-15-9-8-12(2)11-22(15)18/h4-9,11,20H,3,10H2,1-2H3. The van der Waals surface area contributed by atoms with Gasteiger partial charge in [-0.3, -0.25) is 9.20 Å². The number of benzene rings is 1. The van der Waals surface area contributed by atoms with Crippen LogP contribution in [0.15, 0.2) is 42.6 Å². The molecule has 0 aliphatic carbocycles. The van der Waals surface area contributed by atoms with E-state index >= 15 is 0 Å². The minimum absolute atomic E-state index is 0.0168. The number of imidazole rings is 1. The third-order valence-electron chi connectivity index (χ3n) is 3.60. The van der Waals surface area contributed by atoms with E-state index in [-0.39, 0.29) is 18.3 Å². The zero-order valence-corrected chi connectivity index (χ0v) is 13.5. The Morgan fingerprint density at radius 1 is 1.29 bits per heavy atom. The van der Waals surface area contributed by atoms with Gasteiger partial charge in [-0.05, 0) is 37.6 Å². The number of hydrogen-bond donors (Lipinski definition) is 1. The molecule has 0 atom stereocenters. The monoisotopic (exact) mass is 327 g/mol. The first-order valence-electron chi connectivity index (χ1n) is 7.73. The number of carbonyl (C=O) groups is 1. The van der Waals surface area contributed by atoms with Crippen LogP contribution in [0.25, 0.3) is 16.9 Å². The lowest BCUT2D eigenvalue weighted by Gasteiger charge is -2.09. The van der Waals surface area contributed by atoms with Crippen LogP contribution >= 0.6 is 0 Å². The second-order valence-electron chi connectivity index (χ2n) is 5.38. The van der Waals surface area contributed by atoms with Crippen molar-refractivity contribution in [2.45, 2.75) is 13.8 Å². The Kier molecular flexibility index (Phi) is 4.46. The molecular formula is C18H18FN3O2. The summed E-state index contributed by atoms with van der Waals surface area (Å²) in [6.45, 7) is 4.00. The van der Waals surface area contributed by atoms with E-state index in [2.05, 4.69) is 10.3 Å². The number of pyridine rings is 1. The van der Waals surface area contributed by atoms with Gasteiger partial charge in [0.15, 0.2) is 0 Å². The molecule has 0 saturated carbocycles. The van der Waals surface area contributed by atoms with Crippen LogP contribution in [0.2, 0.25) is 0 Å². The van der Waals surface area contributed by atoms with Crippen molar-refractivity contribution in [2.24, 2.45) is 0 Å². The summed E-state index contributed by atoms with van der Waals surface area (Å²) in [5, 5.41) is 3.03. The SMILES string of the molecule is CCOC(=O)CNc1c(-c2ccccc2F)nc2ccc(C)cn12. The van der Waals surface area contributed by atoms with Crippen molar-refractivity contribution in [3.8, 4) is 11.3 Å². The Morgan fingerprint density at radius 2 is 2.08 bits per heavy atom. The third kappa shape index (κ3) is 3.08. The van der Waals surface area contributed by atoms with Crippen molar-refractivity contribution in [3.05, 3.63) is 54.0 Å². The highest BCUT2D eigenvalue weighted by Gasteiger charge is 2.17. The van der Waals surface area contributed by atoms with Gasteiger partial charge in [-0.2, -0.15) is 0 Å². The van der Waals surface area contributed by atoms with Gasteiger partial charge in [-0.25, -0.2) is 9.37 Å². The fraction of sp³-hybridized carbons (Fsp3) is 0.222. The normalized spacial score (nSPS) is 10.8. The molecule has 2 aromatic heterocycles. The molecule has 0 bridgehead atoms. The molecule has 6 heteroatoms. The van der Waals surface area contributed by atoms with Gasteiger partial charge < -0.3 is 10.1 Å². The van der Waals surface area contributed by atoms with Gasteiger partial charge in [0.25, 0.3) is 0 Å². The van der Waals surface area contributed by atoms with Crippen molar-refractivity contribution in [1.82, 2.24) is 9.38 Å². The predicted molar refractivity (Wildman–Crippen MR) is 90.4 cm³/mol. The van der Waals surface area contributed by atoms with Crippen molar-refractivity contribution in [1.29, 1.82) is 0 Å². The molecule has 2 heterocycles. The first-order valence-corrected chi connectivity index (χ1v) is 7.73. The van der Waals surface area contributed by atoms with Crippen molar-refractivity contribution < 1.29 is 13.9 Å². The van der Waals surface area contributed by atoms with Gasteiger partial charge in [0.2, 0.25) is 0 Å². The van der Waals surface area contributed by atoms with E-state index in [9.17, 15) is 9.18 Å². The summed E-state index contributed by atoms with van der Waals surface area (Å²) in [5.41, 5.74) is 2.54. The molecule has 0 aliphatic heterocycles. The lowest BCUT2D eigenvalue weighted by molar-refractivity contribution is -0.140. The van der Waals surface area contributed by atoms with E-state index < -0.39 is 0 Å². The number of ether oxygens (including phenoxy) is 1. The van der Waals surface area contributed by atoms with Crippen LogP contribution in [0, 0.1) is 12.7 Å². The van der Waals surface area contributed by atoms with Crippen LogP contribution in [0.3, 0.4) is 0 Å². The summed E-state index contributed by atoms with van der Waals surface area (Å²) in [4.78, 5) is 16.2. The number of halogens is 1. The highest BCUT2D eigenvalue weighted by Crippen LogP contribution is 2.30. The lowest BCUT2D eigenvalue weighted by Crippen LogP contribution is -2.18. The van der Waals surface area contributed by atoms with E-state index in [1.807, 2.05) is 29.7 Å². The zero-order valence-electron chi connectivity index (χ0n) is 13.5. The number of rotatable bonds is 5. The first-order chi connectivity index (χ1) is 11.6. The Balaban J connectivity index is 2.09. The maximum absolute atomic E-state index is 14.2. The highest BCUT2D eigenvalue weighted by atomic mass is 19.1. The molecule has 0 saturated heterocycles. The molecule has 3 aromatic rings. The number of nitrogens with zero attached hydrogens (tertiary/aromatic N) is 2. The molecule has 124 valence electrons. The molecule has 3 rings (SSSR count). The molecule has 5 nitrogen and oxygen atoms in total. The maximum Gasteiger partial charge on any atom is 0.325 e. The lowest BCUT2D eigenvalue weighted by atomic mass is 10.1. The minimum Gasteiger partial charge on any atom is -0.465 e. The number of fused-ring (bicyclic) bond motifs is 1. The number of esters is 1. The van der Waals surface area contributed by atoms with Gasteiger partial charge in [-0.15, -0.1) is 0 Å². The fourth-order valence-corrected chi connectivity index (χ4v) is 2.53. The molecular weight excluding hydrogens is 309 g/mol. The first kappa shape index (κ1) is 16.0. The maximum atomic E-state index is 14.2. The van der Waals surface area contributed by atoms with Crippen molar-refractivity contribution in [3.63, 3.8) is 0 Å². The minimum atomic E-state index is -0.375. The number of anilines is 1. The van der Waals surface area contributed by atoms with Gasteiger partial charge in [0.05, 0.1) is 6.61 Å². The van der Waals surface area contributed by atoms with Crippen LogP contribution in [-0.4, -0.2) is 28.5 Å². The van der Waals surface area contributed by atoms with E-state index in [1.165, 1.54) is 6.07 Å². The third-order valence-corrected chi connectivity index (χ3v) is 3.60. The predicted octanol–water partition coefficient (Wildman–Crippen LogP) is 3.42. The fourth-order valence-electron chi connectivity index (χ4n) is 2.53. The molecule has 1 N–H and O–H groups in total. The number of hydrogen-bond acceptors (Lipinski definition) is 4. The summed E-state index contributed by atoms with van der Waals surface area (Å²) < 4.78 is 21.0. The van der Waals surface area contributed by atoms with Gasteiger partial charge in [0, 0.05) is 11.8 Å². The Labute approximate surface area is 139 Å². The van der Waals surface area contributed by atoms with Crippen molar-refractivity contribution in [2.75, 3.05) is 18.5 Å². The van der Waals surface area contributed by atoms with E-state index in [4.69, 9.17) is 4.74 Å². The topological polar surface area (TPSA) is 55.6 Å². The van der Waals surface area contributed by atoms with Gasteiger partial charge in [0.1, 0.15) is 29.5 Å². The number of carbonyl (C=O) groups excluding carboxylic acids is 1. The molecule has 0 spiro atoms. The highest BCUT2D eigenvalue weighted by molar-refractivity contribution is 5.81. The van der Waals surface area contributed by atoms with Crippen LogP contribution in [0.5, 0.6) is 0 Å². The summed E-state index contributed by atoms with van der Waals surface area (Å²) in [6, 6.07) is 10.2. The van der Waals surface area contributed by atoms with E-state index in [1.54, 1.807) is 25.1 Å². The molecule has 0 unspecified atom stereocenters. The smallest absolute Gasteiger partial charge is 0.325 e. The average molecular weight is 327 g/mol. The van der Waals surface area contributed by atoms with Crippen LogP contribution in [0.1, 0.15) is 12.5 Å². The molecule has 1 aromatic carbocycles. The molecule has 0 radical (unpaired) electrons. The summed E-state index contributed by atoms with van der Waals surface area (Å²) in [5.74, 6) is -0.178. The summed E-state index contributed by atoms with van der Waals surface area (Å²) in [7, 11) is 0. The molecule has 0 aliphatic rings. The number of aryl methyl sites for hydroxylation is 1. The Hall–Kier alpha value is -2.89. The van der Waals surface area contributed by atoms with Gasteiger partial charge >= 0.3 is 5.97 Å². The van der Waals surface area contributed by atoms with Crippen molar-refractivity contribution >= 4 is 17.4 Å². The molecule has 0 amide bonds. The van der Waals surface area contributed by atoms with Crippen LogP contribution in [-0.2, 0) is 9.53 Å². The summed E-state index contributed by atoms with van der Waals surface area (Å²) >= 11 is 0. The van der Waals surface area contributed by atoms with E-state index in [0.717, 1.165) is 5.56 Å². The Bertz CT molecular complexity index is 889. The second-order valence-corrected chi connectivity index (χ2v) is 5.38. The quantitative estimate of drug-likeness (QED) is 0.730. The Morgan fingerprint density at radius 3 is 2.83 bits per heavy atom. The molecule has 24 heavy (non-hydrogen) atoms. The molecule has 0 fully saturated rings. The zero-order chi connectivity index (χ0) is 17.1. The van der Waals surface area contributed by atoms with Crippen LogP contribution in [0.4, 0.5) is 10.2 Å². The number of aromatic nitrogens is 2. The number of nitrogens with one attached hydrogen (secondary N) is 1. The van der Waals surface area contributed by atoms with E-state index in [0.29, 0.717) is 29.3 Å². The largest absolute Gasteiger partial charge is 0.465 e.